The molecular weight excluding hydrogens is 196 g/mol. The highest BCUT2D eigenvalue weighted by Gasteiger charge is 2.15. The molecule has 0 radical (unpaired) electrons. The molecule has 0 atom stereocenters. The first-order chi connectivity index (χ1) is 7.04. The molecule has 0 fully saturated rings. The summed E-state index contributed by atoms with van der Waals surface area (Å²) < 4.78 is 2.93. The maximum absolute atomic E-state index is 11.7. The summed E-state index contributed by atoms with van der Waals surface area (Å²) in [4.78, 5) is 22.6. The summed E-state index contributed by atoms with van der Waals surface area (Å²) in [6.45, 7) is 0. The number of para-hydroxylation sites is 1. The van der Waals surface area contributed by atoms with Gasteiger partial charge < -0.3 is 5.11 Å². The maximum Gasteiger partial charge on any atom is 0.337 e. The summed E-state index contributed by atoms with van der Waals surface area (Å²) >= 11 is 0. The molecule has 1 aromatic carbocycles. The van der Waals surface area contributed by atoms with Crippen molar-refractivity contribution >= 4 is 16.9 Å². The third-order valence-electron chi connectivity index (χ3n) is 2.56. The average molecular weight is 206 g/mol. The summed E-state index contributed by atoms with van der Waals surface area (Å²) in [7, 11) is 3.27. The van der Waals surface area contributed by atoms with Crippen molar-refractivity contribution in [2.75, 3.05) is 0 Å². The molecule has 0 spiro atoms. The van der Waals surface area contributed by atoms with E-state index in [0.29, 0.717) is 10.9 Å². The van der Waals surface area contributed by atoms with Crippen molar-refractivity contribution in [3.63, 3.8) is 0 Å². The van der Waals surface area contributed by atoms with E-state index in [-0.39, 0.29) is 11.1 Å². The molecular formula is C10H10N2O3. The highest BCUT2D eigenvalue weighted by molar-refractivity contribution is 6.01. The zero-order valence-corrected chi connectivity index (χ0v) is 8.39. The van der Waals surface area contributed by atoms with Gasteiger partial charge in [-0.2, -0.15) is 0 Å². The first-order valence-corrected chi connectivity index (χ1v) is 4.42. The Morgan fingerprint density at radius 2 is 1.93 bits per heavy atom. The fourth-order valence-corrected chi connectivity index (χ4v) is 1.70. The minimum Gasteiger partial charge on any atom is -0.478 e. The summed E-state index contributed by atoms with van der Waals surface area (Å²) in [5, 5.41) is 9.41. The number of aromatic nitrogens is 2. The van der Waals surface area contributed by atoms with Crippen molar-refractivity contribution in [2.24, 2.45) is 14.1 Å². The Morgan fingerprint density at radius 3 is 2.53 bits per heavy atom. The molecule has 15 heavy (non-hydrogen) atoms. The molecule has 0 aliphatic heterocycles. The van der Waals surface area contributed by atoms with Crippen LogP contribution < -0.4 is 5.56 Å². The molecule has 0 aliphatic rings. The second-order valence-electron chi connectivity index (χ2n) is 3.36. The van der Waals surface area contributed by atoms with E-state index in [0.717, 1.165) is 0 Å². The summed E-state index contributed by atoms with van der Waals surface area (Å²) in [5.74, 6) is -1.03. The summed E-state index contributed by atoms with van der Waals surface area (Å²) in [6, 6.07) is 4.70. The number of aryl methyl sites for hydroxylation is 1. The predicted molar refractivity (Wildman–Crippen MR) is 55.1 cm³/mol. The molecule has 1 heterocycles. The third kappa shape index (κ3) is 1.16. The van der Waals surface area contributed by atoms with Crippen LogP contribution in [0.25, 0.3) is 10.9 Å². The molecule has 2 aromatic rings. The Morgan fingerprint density at radius 1 is 1.27 bits per heavy atom. The summed E-state index contributed by atoms with van der Waals surface area (Å²) in [6.07, 6.45) is 0. The van der Waals surface area contributed by atoms with E-state index in [9.17, 15) is 9.59 Å². The number of hydrogen-bond acceptors (Lipinski definition) is 2. The lowest BCUT2D eigenvalue weighted by atomic mass is 10.1. The van der Waals surface area contributed by atoms with E-state index in [2.05, 4.69) is 0 Å². The lowest BCUT2D eigenvalue weighted by Crippen LogP contribution is -2.16. The van der Waals surface area contributed by atoms with Crippen molar-refractivity contribution in [3.05, 3.63) is 34.1 Å². The molecule has 0 bridgehead atoms. The van der Waals surface area contributed by atoms with Gasteiger partial charge in [0.2, 0.25) is 0 Å². The number of carboxylic acids is 1. The van der Waals surface area contributed by atoms with Crippen molar-refractivity contribution in [2.45, 2.75) is 0 Å². The van der Waals surface area contributed by atoms with E-state index in [1.54, 1.807) is 30.9 Å². The molecule has 0 saturated heterocycles. The third-order valence-corrected chi connectivity index (χ3v) is 2.56. The van der Waals surface area contributed by atoms with Crippen molar-refractivity contribution in [1.82, 2.24) is 9.36 Å². The number of benzene rings is 1. The maximum atomic E-state index is 11.7. The molecule has 2 rings (SSSR count). The van der Waals surface area contributed by atoms with Crippen molar-refractivity contribution < 1.29 is 9.90 Å². The van der Waals surface area contributed by atoms with E-state index >= 15 is 0 Å². The fraction of sp³-hybridized carbons (Fsp3) is 0.200. The quantitative estimate of drug-likeness (QED) is 0.742. The van der Waals surface area contributed by atoms with Gasteiger partial charge in [-0.1, -0.05) is 6.07 Å². The minimum absolute atomic E-state index is 0.146. The second kappa shape index (κ2) is 2.98. The van der Waals surface area contributed by atoms with Crippen LogP contribution in [0, 0.1) is 0 Å². The molecule has 5 heteroatoms. The molecule has 1 aromatic heterocycles. The van der Waals surface area contributed by atoms with Gasteiger partial charge in [0.1, 0.15) is 0 Å². The van der Waals surface area contributed by atoms with Gasteiger partial charge in [0, 0.05) is 14.1 Å². The van der Waals surface area contributed by atoms with Crippen LogP contribution in [-0.4, -0.2) is 20.4 Å². The van der Waals surface area contributed by atoms with E-state index in [4.69, 9.17) is 5.11 Å². The predicted octanol–water partition coefficient (Wildman–Crippen LogP) is 0.575. The van der Waals surface area contributed by atoms with Crippen molar-refractivity contribution in [1.29, 1.82) is 0 Å². The van der Waals surface area contributed by atoms with Crippen LogP contribution in [0.15, 0.2) is 23.0 Å². The van der Waals surface area contributed by atoms with Gasteiger partial charge in [0.25, 0.3) is 5.56 Å². The molecule has 0 amide bonds. The second-order valence-corrected chi connectivity index (χ2v) is 3.36. The Kier molecular flexibility index (Phi) is 1.89. The number of carboxylic acid groups (broad SMARTS) is 1. The SMILES string of the molecule is Cn1c(=O)c2cccc(C(=O)O)c2n1C. The molecule has 78 valence electrons. The van der Waals surface area contributed by atoms with Gasteiger partial charge in [-0.15, -0.1) is 0 Å². The fourth-order valence-electron chi connectivity index (χ4n) is 1.70. The number of rotatable bonds is 1. The smallest absolute Gasteiger partial charge is 0.337 e. The number of hydrogen-bond donors (Lipinski definition) is 1. The Hall–Kier alpha value is -2.04. The van der Waals surface area contributed by atoms with Gasteiger partial charge in [-0.05, 0) is 12.1 Å². The van der Waals surface area contributed by atoms with Gasteiger partial charge in [0.05, 0.1) is 16.5 Å². The number of nitrogens with zero attached hydrogens (tertiary/aromatic N) is 2. The van der Waals surface area contributed by atoms with Crippen LogP contribution in [0.4, 0.5) is 0 Å². The first kappa shape index (κ1) is 9.51. The van der Waals surface area contributed by atoms with Gasteiger partial charge in [-0.3, -0.25) is 14.2 Å². The van der Waals surface area contributed by atoms with Crippen LogP contribution >= 0.6 is 0 Å². The lowest BCUT2D eigenvalue weighted by molar-refractivity contribution is 0.0698. The molecule has 5 nitrogen and oxygen atoms in total. The van der Waals surface area contributed by atoms with E-state index in [1.165, 1.54) is 10.7 Å². The van der Waals surface area contributed by atoms with E-state index in [1.807, 2.05) is 0 Å². The van der Waals surface area contributed by atoms with Crippen molar-refractivity contribution in [3.8, 4) is 0 Å². The molecule has 1 N–H and O–H groups in total. The van der Waals surface area contributed by atoms with Gasteiger partial charge in [0.15, 0.2) is 0 Å². The van der Waals surface area contributed by atoms with Gasteiger partial charge >= 0.3 is 5.97 Å². The van der Waals surface area contributed by atoms with Gasteiger partial charge in [-0.25, -0.2) is 4.79 Å². The largest absolute Gasteiger partial charge is 0.478 e. The lowest BCUT2D eigenvalue weighted by Gasteiger charge is -2.02. The first-order valence-electron chi connectivity index (χ1n) is 4.42. The zero-order valence-electron chi connectivity index (χ0n) is 8.39. The number of aromatic carboxylic acids is 1. The zero-order chi connectivity index (χ0) is 11.2. The standard InChI is InChI=1S/C10H10N2O3/c1-11-8-6(9(13)12(11)2)4-3-5-7(8)10(14)15/h3-5H,1-2H3,(H,14,15). The topological polar surface area (TPSA) is 64.2 Å². The average Bonchev–Trinajstić information content (AvgIpc) is 2.44. The monoisotopic (exact) mass is 206 g/mol. The Balaban J connectivity index is 3.05. The highest BCUT2D eigenvalue weighted by atomic mass is 16.4. The van der Waals surface area contributed by atoms with Crippen LogP contribution in [0.3, 0.4) is 0 Å². The number of carbonyl (C=O) groups is 1. The molecule has 0 aliphatic carbocycles. The van der Waals surface area contributed by atoms with Crippen LogP contribution in [-0.2, 0) is 14.1 Å². The normalized spacial score (nSPS) is 10.8. The van der Waals surface area contributed by atoms with E-state index < -0.39 is 5.97 Å². The van der Waals surface area contributed by atoms with Crippen LogP contribution in [0.1, 0.15) is 10.4 Å². The van der Waals surface area contributed by atoms with Crippen LogP contribution in [0.2, 0.25) is 0 Å². The summed E-state index contributed by atoms with van der Waals surface area (Å²) in [5.41, 5.74) is 0.417. The molecule has 0 saturated carbocycles. The highest BCUT2D eigenvalue weighted by Crippen LogP contribution is 2.15. The minimum atomic E-state index is -1.03. The molecule has 0 unspecified atom stereocenters. The van der Waals surface area contributed by atoms with Crippen LogP contribution in [0.5, 0.6) is 0 Å². The Labute approximate surface area is 85.1 Å². The Bertz CT molecular complexity index is 607. The number of fused-ring (bicyclic) bond motifs is 1.